The molecule has 0 fully saturated rings. The van der Waals surface area contributed by atoms with Gasteiger partial charge in [0.05, 0.1) is 6.10 Å². The third-order valence-electron chi connectivity index (χ3n) is 2.21. The molecule has 1 unspecified atom stereocenters. The largest absolute Gasteiger partial charge is 0.478 e. The van der Waals surface area contributed by atoms with Gasteiger partial charge in [-0.25, -0.2) is 4.79 Å². The number of alkyl halides is 1. The zero-order chi connectivity index (χ0) is 12.4. The lowest BCUT2D eigenvalue weighted by atomic mass is 9.97. The van der Waals surface area contributed by atoms with Gasteiger partial charge in [0.25, 0.3) is 0 Å². The Labute approximate surface area is 101 Å². The molecular weight excluding hydrogens is 228 g/mol. The van der Waals surface area contributed by atoms with Gasteiger partial charge in [0.15, 0.2) is 0 Å². The van der Waals surface area contributed by atoms with Crippen molar-refractivity contribution in [2.75, 3.05) is 5.88 Å². The Morgan fingerprint density at radius 2 is 2.12 bits per heavy atom. The fraction of sp³-hybridized carbons (Fsp3) is 0.583. The molecule has 3 nitrogen and oxygen atoms in total. The summed E-state index contributed by atoms with van der Waals surface area (Å²) in [4.78, 5) is 10.4. The van der Waals surface area contributed by atoms with Gasteiger partial charge in [-0.1, -0.05) is 25.2 Å². The standard InChI is InChI=1S/C12H19ClO3/c1-2-3-4-5-6-10(11(14)9-13)7-8-12(15)16/h3-4,7-8,10-11,14H,2,5-6,9H2,1H3,(H,15,16)/t10?,11-/m0/s1. The summed E-state index contributed by atoms with van der Waals surface area (Å²) < 4.78 is 0. The first-order valence-corrected chi connectivity index (χ1v) is 5.95. The minimum absolute atomic E-state index is 0.117. The molecule has 0 aliphatic rings. The van der Waals surface area contributed by atoms with Crippen molar-refractivity contribution in [1.82, 2.24) is 0 Å². The summed E-state index contributed by atoms with van der Waals surface area (Å²) in [6.07, 6.45) is 8.46. The van der Waals surface area contributed by atoms with Gasteiger partial charge in [0, 0.05) is 17.9 Å². The molecule has 2 atom stereocenters. The Balaban J connectivity index is 4.21. The van der Waals surface area contributed by atoms with Crippen LogP contribution in [0.1, 0.15) is 26.2 Å². The second-order valence-corrected chi connectivity index (χ2v) is 3.85. The molecule has 0 rings (SSSR count). The van der Waals surface area contributed by atoms with E-state index in [1.807, 2.05) is 19.1 Å². The van der Waals surface area contributed by atoms with Crippen LogP contribution in [0.25, 0.3) is 0 Å². The molecule has 0 aromatic heterocycles. The average Bonchev–Trinajstić information content (AvgIpc) is 2.27. The monoisotopic (exact) mass is 246 g/mol. The number of hydrogen-bond donors (Lipinski definition) is 2. The van der Waals surface area contributed by atoms with Crippen molar-refractivity contribution in [3.8, 4) is 0 Å². The highest BCUT2D eigenvalue weighted by Gasteiger charge is 2.14. The van der Waals surface area contributed by atoms with E-state index in [0.29, 0.717) is 6.42 Å². The smallest absolute Gasteiger partial charge is 0.327 e. The number of aliphatic carboxylic acids is 1. The van der Waals surface area contributed by atoms with E-state index in [0.717, 1.165) is 18.9 Å². The van der Waals surface area contributed by atoms with E-state index in [2.05, 4.69) is 0 Å². The second kappa shape index (κ2) is 9.43. The Hall–Kier alpha value is -0.800. The van der Waals surface area contributed by atoms with Crippen LogP contribution in [0.2, 0.25) is 0 Å². The second-order valence-electron chi connectivity index (χ2n) is 3.54. The minimum Gasteiger partial charge on any atom is -0.478 e. The first-order valence-electron chi connectivity index (χ1n) is 5.42. The lowest BCUT2D eigenvalue weighted by Gasteiger charge is -2.16. The van der Waals surface area contributed by atoms with Gasteiger partial charge < -0.3 is 10.2 Å². The summed E-state index contributed by atoms with van der Waals surface area (Å²) in [5.74, 6) is -1.09. The number of carboxylic acids is 1. The van der Waals surface area contributed by atoms with E-state index in [9.17, 15) is 9.90 Å². The van der Waals surface area contributed by atoms with E-state index >= 15 is 0 Å². The van der Waals surface area contributed by atoms with Crippen molar-refractivity contribution in [1.29, 1.82) is 0 Å². The third-order valence-corrected chi connectivity index (χ3v) is 2.52. The Kier molecular flexibility index (Phi) is 8.96. The SMILES string of the molecule is CCC=CCCC(C=CC(=O)O)[C@@H](O)CCl. The zero-order valence-electron chi connectivity index (χ0n) is 9.47. The van der Waals surface area contributed by atoms with Crippen LogP contribution in [0.3, 0.4) is 0 Å². The Morgan fingerprint density at radius 1 is 1.44 bits per heavy atom. The zero-order valence-corrected chi connectivity index (χ0v) is 10.2. The molecule has 0 spiro atoms. The number of halogens is 1. The predicted octanol–water partition coefficient (Wildman–Crippen LogP) is 2.59. The maximum atomic E-state index is 10.4. The van der Waals surface area contributed by atoms with E-state index in [-0.39, 0.29) is 11.8 Å². The Bertz CT molecular complexity index is 249. The van der Waals surface area contributed by atoms with Gasteiger partial charge >= 0.3 is 5.97 Å². The van der Waals surface area contributed by atoms with Crippen LogP contribution in [-0.4, -0.2) is 28.2 Å². The molecule has 4 heteroatoms. The van der Waals surface area contributed by atoms with Crippen molar-refractivity contribution in [3.05, 3.63) is 24.3 Å². The number of carbonyl (C=O) groups is 1. The number of aliphatic hydroxyl groups is 1. The third kappa shape index (κ3) is 7.49. The van der Waals surface area contributed by atoms with Gasteiger partial charge in [-0.05, 0) is 19.3 Å². The first kappa shape index (κ1) is 15.2. The average molecular weight is 247 g/mol. The van der Waals surface area contributed by atoms with Crippen molar-refractivity contribution in [2.24, 2.45) is 5.92 Å². The first-order chi connectivity index (χ1) is 7.61. The molecule has 0 aliphatic carbocycles. The summed E-state index contributed by atoms with van der Waals surface area (Å²) in [6, 6.07) is 0. The summed E-state index contributed by atoms with van der Waals surface area (Å²) in [5.41, 5.74) is 0. The van der Waals surface area contributed by atoms with Crippen LogP contribution in [-0.2, 0) is 4.79 Å². The summed E-state index contributed by atoms with van der Waals surface area (Å²) >= 11 is 5.55. The van der Waals surface area contributed by atoms with E-state index in [1.54, 1.807) is 0 Å². The van der Waals surface area contributed by atoms with Crippen molar-refractivity contribution in [2.45, 2.75) is 32.3 Å². The van der Waals surface area contributed by atoms with Gasteiger partial charge in [-0.2, -0.15) is 0 Å². The van der Waals surface area contributed by atoms with Crippen LogP contribution in [0.4, 0.5) is 0 Å². The quantitative estimate of drug-likeness (QED) is 0.393. The van der Waals surface area contributed by atoms with Crippen LogP contribution in [0.5, 0.6) is 0 Å². The molecule has 0 aliphatic heterocycles. The normalized spacial score (nSPS) is 15.7. The highest BCUT2D eigenvalue weighted by Crippen LogP contribution is 2.15. The number of carboxylic acid groups (broad SMARTS) is 1. The highest BCUT2D eigenvalue weighted by molar-refractivity contribution is 6.18. The molecule has 0 heterocycles. The number of rotatable bonds is 8. The van der Waals surface area contributed by atoms with Crippen molar-refractivity contribution < 1.29 is 15.0 Å². The summed E-state index contributed by atoms with van der Waals surface area (Å²) in [7, 11) is 0. The maximum Gasteiger partial charge on any atom is 0.327 e. The van der Waals surface area contributed by atoms with E-state index < -0.39 is 12.1 Å². The molecule has 0 aromatic rings. The lowest BCUT2D eigenvalue weighted by molar-refractivity contribution is -0.131. The minimum atomic E-state index is -1.00. The maximum absolute atomic E-state index is 10.4. The van der Waals surface area contributed by atoms with Gasteiger partial charge in [0.1, 0.15) is 0 Å². The van der Waals surface area contributed by atoms with Crippen LogP contribution >= 0.6 is 11.6 Å². The molecule has 0 aromatic carbocycles. The van der Waals surface area contributed by atoms with Gasteiger partial charge in [-0.15, -0.1) is 11.6 Å². The van der Waals surface area contributed by atoms with E-state index in [4.69, 9.17) is 16.7 Å². The fourth-order valence-electron chi connectivity index (χ4n) is 1.31. The lowest BCUT2D eigenvalue weighted by Crippen LogP contribution is -2.20. The van der Waals surface area contributed by atoms with E-state index in [1.165, 1.54) is 6.08 Å². The Morgan fingerprint density at radius 3 is 2.62 bits per heavy atom. The topological polar surface area (TPSA) is 57.5 Å². The number of aliphatic hydroxyl groups excluding tert-OH is 1. The van der Waals surface area contributed by atoms with Gasteiger partial charge in [-0.3, -0.25) is 0 Å². The molecule has 2 N–H and O–H groups in total. The number of allylic oxidation sites excluding steroid dienone is 2. The molecule has 16 heavy (non-hydrogen) atoms. The molecule has 0 radical (unpaired) electrons. The molecular formula is C12H19ClO3. The van der Waals surface area contributed by atoms with Crippen molar-refractivity contribution >= 4 is 17.6 Å². The molecule has 0 bridgehead atoms. The van der Waals surface area contributed by atoms with Gasteiger partial charge in [0.2, 0.25) is 0 Å². The fourth-order valence-corrected chi connectivity index (χ4v) is 1.54. The molecule has 0 amide bonds. The van der Waals surface area contributed by atoms with Crippen LogP contribution < -0.4 is 0 Å². The summed E-state index contributed by atoms with van der Waals surface area (Å²) in [5, 5.41) is 18.1. The van der Waals surface area contributed by atoms with Crippen molar-refractivity contribution in [3.63, 3.8) is 0 Å². The molecule has 0 saturated heterocycles. The van der Waals surface area contributed by atoms with Crippen LogP contribution in [0.15, 0.2) is 24.3 Å². The molecule has 0 saturated carbocycles. The van der Waals surface area contributed by atoms with Crippen LogP contribution in [0, 0.1) is 5.92 Å². The highest BCUT2D eigenvalue weighted by atomic mass is 35.5. The number of hydrogen-bond acceptors (Lipinski definition) is 2. The predicted molar refractivity (Wildman–Crippen MR) is 65.7 cm³/mol. The molecule has 92 valence electrons. The summed E-state index contributed by atoms with van der Waals surface area (Å²) in [6.45, 7) is 2.05.